The third-order valence-electron chi connectivity index (χ3n) is 11.4. The van der Waals surface area contributed by atoms with E-state index >= 15 is 4.79 Å². The molecule has 5 aromatic rings. The molecule has 0 bridgehead atoms. The van der Waals surface area contributed by atoms with E-state index in [2.05, 4.69) is 11.9 Å². The molecular weight excluding hydrogens is 735 g/mol. The second-order valence-corrected chi connectivity index (χ2v) is 14.5. The highest BCUT2D eigenvalue weighted by atomic mass is 16.6. The molecule has 7 atom stereocenters. The second-order valence-electron chi connectivity index (χ2n) is 14.5. The first-order valence-electron chi connectivity index (χ1n) is 19.3. The molecule has 5 aromatic carbocycles. The Balaban J connectivity index is 1.42. The number of para-hydroxylation sites is 2. The van der Waals surface area contributed by atoms with Crippen molar-refractivity contribution in [1.82, 2.24) is 10.2 Å². The molecule has 0 radical (unpaired) electrons. The summed E-state index contributed by atoms with van der Waals surface area (Å²) in [4.78, 5) is 63.6. The van der Waals surface area contributed by atoms with Gasteiger partial charge >= 0.3 is 18.0 Å². The molecular formula is C47H43N3O8. The number of cyclic esters (lactones) is 1. The second kappa shape index (κ2) is 16.1. The van der Waals surface area contributed by atoms with Crippen molar-refractivity contribution in [3.05, 3.63) is 180 Å². The van der Waals surface area contributed by atoms with Gasteiger partial charge in [-0.05, 0) is 41.3 Å². The van der Waals surface area contributed by atoms with Crippen molar-refractivity contribution in [2.24, 2.45) is 5.92 Å². The lowest BCUT2D eigenvalue weighted by Gasteiger charge is -2.46. The van der Waals surface area contributed by atoms with Crippen molar-refractivity contribution in [2.75, 3.05) is 24.7 Å². The maximum Gasteiger partial charge on any atom is 0.329 e. The fraction of sp³-hybridized carbons (Fsp3) is 0.234. The lowest BCUT2D eigenvalue weighted by molar-refractivity contribution is -0.180. The lowest BCUT2D eigenvalue weighted by atomic mass is 9.65. The third kappa shape index (κ3) is 6.32. The summed E-state index contributed by atoms with van der Waals surface area (Å²) in [5, 5.41) is 12.9. The smallest absolute Gasteiger partial charge is 0.329 e. The zero-order chi connectivity index (χ0) is 40.4. The van der Waals surface area contributed by atoms with Gasteiger partial charge in [0.05, 0.1) is 30.4 Å². The quantitative estimate of drug-likeness (QED) is 0.108. The van der Waals surface area contributed by atoms with Crippen LogP contribution in [0.5, 0.6) is 5.75 Å². The number of aliphatic hydroxyl groups is 1. The van der Waals surface area contributed by atoms with Crippen molar-refractivity contribution in [3.8, 4) is 5.75 Å². The van der Waals surface area contributed by atoms with Crippen LogP contribution in [0.25, 0.3) is 0 Å². The molecule has 294 valence electrons. The zero-order valence-corrected chi connectivity index (χ0v) is 31.8. The predicted molar refractivity (Wildman–Crippen MR) is 215 cm³/mol. The zero-order valence-electron chi connectivity index (χ0n) is 31.8. The van der Waals surface area contributed by atoms with Gasteiger partial charge in [-0.3, -0.25) is 19.3 Å². The highest BCUT2D eigenvalue weighted by Crippen LogP contribution is 2.66. The minimum atomic E-state index is -1.97. The van der Waals surface area contributed by atoms with E-state index in [1.807, 2.05) is 103 Å². The number of fused-ring (bicyclic) bond motifs is 3. The number of carbonyl (C=O) groups is 4. The molecule has 2 fully saturated rings. The molecule has 11 heteroatoms. The number of ether oxygens (including phenoxy) is 3. The van der Waals surface area contributed by atoms with Gasteiger partial charge in [0.2, 0.25) is 5.91 Å². The maximum absolute atomic E-state index is 16.1. The van der Waals surface area contributed by atoms with Crippen LogP contribution in [0.15, 0.2) is 152 Å². The summed E-state index contributed by atoms with van der Waals surface area (Å²) in [6, 6.07) is 37.6. The molecule has 3 heterocycles. The number of carbonyl (C=O) groups excluding carboxylic acids is 4. The van der Waals surface area contributed by atoms with E-state index < -0.39 is 65.5 Å². The monoisotopic (exact) mass is 777 g/mol. The van der Waals surface area contributed by atoms with Crippen LogP contribution < -0.4 is 15.0 Å². The van der Waals surface area contributed by atoms with Crippen LogP contribution in [-0.4, -0.2) is 59.7 Å². The Bertz CT molecular complexity index is 2320. The van der Waals surface area contributed by atoms with Gasteiger partial charge in [-0.1, -0.05) is 140 Å². The number of nitrogens with one attached hydrogen (secondary N) is 1. The Morgan fingerprint density at radius 1 is 0.845 bits per heavy atom. The summed E-state index contributed by atoms with van der Waals surface area (Å²) in [6.45, 7) is 5.00. The number of esters is 2. The fourth-order valence-corrected chi connectivity index (χ4v) is 9.10. The van der Waals surface area contributed by atoms with Gasteiger partial charge in [-0.2, -0.15) is 0 Å². The van der Waals surface area contributed by atoms with E-state index in [1.54, 1.807) is 48.5 Å². The molecule has 58 heavy (non-hydrogen) atoms. The van der Waals surface area contributed by atoms with Crippen molar-refractivity contribution in [3.63, 3.8) is 0 Å². The number of benzene rings is 5. The molecule has 3 aliphatic rings. The molecule has 0 aromatic heterocycles. The summed E-state index contributed by atoms with van der Waals surface area (Å²) in [7, 11) is 0. The van der Waals surface area contributed by atoms with Crippen LogP contribution in [0.1, 0.15) is 59.0 Å². The number of morpholine rings is 1. The molecule has 0 aliphatic carbocycles. The molecule has 3 aliphatic heterocycles. The average Bonchev–Trinajstić information content (AvgIpc) is 3.72. The van der Waals surface area contributed by atoms with E-state index in [-0.39, 0.29) is 25.5 Å². The third-order valence-corrected chi connectivity index (χ3v) is 11.4. The summed E-state index contributed by atoms with van der Waals surface area (Å²) < 4.78 is 18.5. The number of anilines is 1. The number of urea groups is 1. The molecule has 0 saturated carbocycles. The SMILES string of the molecule is C=CCOC(=O)[C@H]1[C@@H]2C(=O)O[C@@H](c3ccccc3)[C@@H](c3ccccc3)N2[C@@H](c2ccccc2OCCO)[C@]12C(=O)N(C(=O)N[C@H](C)c1ccccc1)c1ccccc12. The summed E-state index contributed by atoms with van der Waals surface area (Å²) >= 11 is 0. The molecule has 2 N–H and O–H groups in total. The number of aliphatic hydroxyl groups excluding tert-OH is 1. The topological polar surface area (TPSA) is 135 Å². The standard InChI is InChI=1S/C47H43N3O8/c1-3-28-57-43(52)38-40-44(53)58-41(33-21-11-6-12-22-33)39(32-19-9-5-10-20-32)50(40)42(34-23-13-16-26-37(34)56-29-27-51)47(38)35-24-14-15-25-36(35)49(45(47)54)46(55)48-30(2)31-17-7-4-8-18-31/h3-26,30,38-42,51H,1,27-29H2,2H3,(H,48,55)/t30-,38-,39-,40-,41+,42+,47-/m1/s1. The van der Waals surface area contributed by atoms with Crippen LogP contribution in [0.4, 0.5) is 10.5 Å². The van der Waals surface area contributed by atoms with Crippen LogP contribution in [0.3, 0.4) is 0 Å². The van der Waals surface area contributed by atoms with E-state index in [9.17, 15) is 19.5 Å². The number of hydrogen-bond acceptors (Lipinski definition) is 9. The van der Waals surface area contributed by atoms with Gasteiger partial charge in [0, 0.05) is 5.56 Å². The largest absolute Gasteiger partial charge is 0.491 e. The summed E-state index contributed by atoms with van der Waals surface area (Å²) in [6.07, 6.45) is 0.525. The Morgan fingerprint density at radius 3 is 2.16 bits per heavy atom. The maximum atomic E-state index is 16.1. The van der Waals surface area contributed by atoms with Crippen LogP contribution in [0.2, 0.25) is 0 Å². The van der Waals surface area contributed by atoms with E-state index in [0.717, 1.165) is 16.0 Å². The molecule has 2 saturated heterocycles. The lowest BCUT2D eigenvalue weighted by Crippen LogP contribution is -2.54. The van der Waals surface area contributed by atoms with E-state index in [4.69, 9.17) is 14.2 Å². The van der Waals surface area contributed by atoms with Gasteiger partial charge in [-0.15, -0.1) is 0 Å². The van der Waals surface area contributed by atoms with E-state index in [1.165, 1.54) is 6.08 Å². The highest BCUT2D eigenvalue weighted by Gasteiger charge is 2.76. The van der Waals surface area contributed by atoms with Gasteiger partial charge in [-0.25, -0.2) is 9.69 Å². The van der Waals surface area contributed by atoms with E-state index in [0.29, 0.717) is 22.4 Å². The van der Waals surface area contributed by atoms with Gasteiger partial charge in [0.1, 0.15) is 42.4 Å². The number of amides is 3. The minimum absolute atomic E-state index is 0.0712. The Morgan fingerprint density at radius 2 is 1.47 bits per heavy atom. The number of rotatable bonds is 11. The number of hydrogen-bond donors (Lipinski definition) is 2. The Kier molecular flexibility index (Phi) is 10.7. The first kappa shape index (κ1) is 38.3. The first-order valence-corrected chi connectivity index (χ1v) is 19.3. The van der Waals surface area contributed by atoms with Crippen molar-refractivity contribution < 1.29 is 38.5 Å². The van der Waals surface area contributed by atoms with Crippen LogP contribution in [-0.2, 0) is 29.3 Å². The summed E-state index contributed by atoms with van der Waals surface area (Å²) in [5.74, 6) is -3.50. The Labute approximate surface area is 336 Å². The van der Waals surface area contributed by atoms with Gasteiger partial charge in [0.25, 0.3) is 0 Å². The minimum Gasteiger partial charge on any atom is -0.491 e. The van der Waals surface area contributed by atoms with Crippen LogP contribution >= 0.6 is 0 Å². The molecule has 8 rings (SSSR count). The van der Waals surface area contributed by atoms with Crippen molar-refractivity contribution in [1.29, 1.82) is 0 Å². The molecule has 11 nitrogen and oxygen atoms in total. The first-order chi connectivity index (χ1) is 28.3. The van der Waals surface area contributed by atoms with Gasteiger partial charge in [0.15, 0.2) is 0 Å². The molecule has 0 unspecified atom stereocenters. The predicted octanol–water partition coefficient (Wildman–Crippen LogP) is 6.92. The number of nitrogens with zero attached hydrogens (tertiary/aromatic N) is 2. The van der Waals surface area contributed by atoms with Crippen LogP contribution in [0, 0.1) is 5.92 Å². The molecule has 3 amide bonds. The molecule has 1 spiro atoms. The van der Waals surface area contributed by atoms with Crippen molar-refractivity contribution in [2.45, 2.75) is 42.6 Å². The van der Waals surface area contributed by atoms with Gasteiger partial charge < -0.3 is 24.6 Å². The normalized spacial score (nSPS) is 24.0. The highest BCUT2D eigenvalue weighted by molar-refractivity contribution is 6.24. The number of imide groups is 1. The Hall–Kier alpha value is -6.56. The van der Waals surface area contributed by atoms with Crippen molar-refractivity contribution >= 4 is 29.6 Å². The summed E-state index contributed by atoms with van der Waals surface area (Å²) in [5.41, 5.74) is 1.39. The average molecular weight is 778 g/mol. The fourth-order valence-electron chi connectivity index (χ4n) is 9.10.